The molecule has 0 fully saturated rings. The maximum Gasteiger partial charge on any atom is 0.0623 e. The van der Waals surface area contributed by atoms with Crippen molar-refractivity contribution in [3.63, 3.8) is 0 Å². The molecule has 1 rings (SSSR count). The van der Waals surface area contributed by atoms with Crippen molar-refractivity contribution in [2.24, 2.45) is 0 Å². The molecule has 0 aliphatic rings. The summed E-state index contributed by atoms with van der Waals surface area (Å²) in [4.78, 5) is 0. The van der Waals surface area contributed by atoms with E-state index in [9.17, 15) is 0 Å². The highest BCUT2D eigenvalue weighted by Gasteiger charge is 2.19. The Morgan fingerprint density at radius 3 is 2.39 bits per heavy atom. The van der Waals surface area contributed by atoms with Crippen molar-refractivity contribution in [1.29, 1.82) is 0 Å². The molecule has 1 aromatic carbocycles. The molecule has 0 aliphatic heterocycles. The number of benzene rings is 1. The molecular weight excluding hydrogens is 222 g/mol. The highest BCUT2D eigenvalue weighted by molar-refractivity contribution is 5.31. The summed E-state index contributed by atoms with van der Waals surface area (Å²) in [6.45, 7) is 8.60. The molecule has 2 nitrogen and oxygen atoms in total. The fourth-order valence-electron chi connectivity index (χ4n) is 2.05. The number of rotatable bonds is 6. The van der Waals surface area contributed by atoms with Crippen molar-refractivity contribution in [3.8, 4) is 0 Å². The van der Waals surface area contributed by atoms with Gasteiger partial charge in [0.25, 0.3) is 0 Å². The van der Waals surface area contributed by atoms with Gasteiger partial charge >= 0.3 is 0 Å². The van der Waals surface area contributed by atoms with Crippen LogP contribution >= 0.6 is 0 Å². The van der Waals surface area contributed by atoms with Gasteiger partial charge in [-0.3, -0.25) is 0 Å². The normalized spacial score (nSPS) is 13.7. The molecule has 1 aromatic rings. The molecule has 0 heterocycles. The molecule has 1 atom stereocenters. The van der Waals surface area contributed by atoms with Crippen LogP contribution in [-0.2, 0) is 4.74 Å². The van der Waals surface area contributed by atoms with Crippen molar-refractivity contribution in [1.82, 2.24) is 5.32 Å². The largest absolute Gasteiger partial charge is 0.379 e. The van der Waals surface area contributed by atoms with Gasteiger partial charge < -0.3 is 10.1 Å². The SMILES string of the molecule is CNC(CCC(C)(C)OC)c1ccc(C)c(C)c1. The lowest BCUT2D eigenvalue weighted by Crippen LogP contribution is -2.26. The van der Waals surface area contributed by atoms with Crippen LogP contribution in [0.2, 0.25) is 0 Å². The zero-order valence-electron chi connectivity index (χ0n) is 12.6. The van der Waals surface area contributed by atoms with E-state index in [0.29, 0.717) is 6.04 Å². The van der Waals surface area contributed by atoms with Gasteiger partial charge in [-0.1, -0.05) is 18.2 Å². The number of aryl methyl sites for hydroxylation is 2. The Hall–Kier alpha value is -0.860. The summed E-state index contributed by atoms with van der Waals surface area (Å²) < 4.78 is 5.48. The van der Waals surface area contributed by atoms with Gasteiger partial charge in [0.05, 0.1) is 5.60 Å². The lowest BCUT2D eigenvalue weighted by atomic mass is 9.93. The number of hydrogen-bond acceptors (Lipinski definition) is 2. The van der Waals surface area contributed by atoms with E-state index in [-0.39, 0.29) is 5.60 Å². The van der Waals surface area contributed by atoms with E-state index in [1.807, 2.05) is 7.05 Å². The second kappa shape index (κ2) is 6.35. The molecule has 2 heteroatoms. The molecule has 102 valence electrons. The maximum atomic E-state index is 5.48. The molecule has 0 amide bonds. The van der Waals surface area contributed by atoms with E-state index >= 15 is 0 Å². The van der Waals surface area contributed by atoms with E-state index in [0.717, 1.165) is 12.8 Å². The molecule has 1 unspecified atom stereocenters. The fraction of sp³-hybridized carbons (Fsp3) is 0.625. The molecule has 0 radical (unpaired) electrons. The predicted octanol–water partition coefficient (Wildman–Crippen LogP) is 3.77. The molecule has 0 spiro atoms. The molecule has 0 saturated heterocycles. The van der Waals surface area contributed by atoms with Crippen molar-refractivity contribution < 1.29 is 4.74 Å². The Kier molecular flexibility index (Phi) is 5.36. The van der Waals surface area contributed by atoms with Crippen molar-refractivity contribution in [2.75, 3.05) is 14.2 Å². The van der Waals surface area contributed by atoms with Crippen LogP contribution in [-0.4, -0.2) is 19.8 Å². The highest BCUT2D eigenvalue weighted by atomic mass is 16.5. The van der Waals surface area contributed by atoms with Crippen molar-refractivity contribution in [2.45, 2.75) is 52.2 Å². The van der Waals surface area contributed by atoms with E-state index in [4.69, 9.17) is 4.74 Å². The van der Waals surface area contributed by atoms with E-state index in [2.05, 4.69) is 51.2 Å². The van der Waals surface area contributed by atoms with E-state index in [1.54, 1.807) is 7.11 Å². The number of hydrogen-bond donors (Lipinski definition) is 1. The Morgan fingerprint density at radius 1 is 1.22 bits per heavy atom. The molecular formula is C16H27NO. The summed E-state index contributed by atoms with van der Waals surface area (Å²) in [5.74, 6) is 0. The smallest absolute Gasteiger partial charge is 0.0623 e. The van der Waals surface area contributed by atoms with Gasteiger partial charge in [0.2, 0.25) is 0 Å². The molecule has 0 aromatic heterocycles. The zero-order chi connectivity index (χ0) is 13.8. The van der Waals surface area contributed by atoms with Crippen molar-refractivity contribution >= 4 is 0 Å². The summed E-state index contributed by atoms with van der Waals surface area (Å²) >= 11 is 0. The first kappa shape index (κ1) is 15.2. The number of nitrogens with one attached hydrogen (secondary N) is 1. The first-order valence-electron chi connectivity index (χ1n) is 6.69. The highest BCUT2D eigenvalue weighted by Crippen LogP contribution is 2.25. The Labute approximate surface area is 112 Å². The second-order valence-corrected chi connectivity index (χ2v) is 5.69. The minimum atomic E-state index is -0.0468. The quantitative estimate of drug-likeness (QED) is 0.828. The molecule has 0 saturated carbocycles. The monoisotopic (exact) mass is 249 g/mol. The minimum Gasteiger partial charge on any atom is -0.379 e. The Morgan fingerprint density at radius 2 is 1.89 bits per heavy atom. The van der Waals surface area contributed by atoms with Gasteiger partial charge in [0, 0.05) is 13.2 Å². The molecule has 0 aliphatic carbocycles. The lowest BCUT2D eigenvalue weighted by molar-refractivity contribution is 0.0118. The van der Waals surface area contributed by atoms with Crippen LogP contribution in [0.15, 0.2) is 18.2 Å². The van der Waals surface area contributed by atoms with Crippen LogP contribution in [0.4, 0.5) is 0 Å². The van der Waals surface area contributed by atoms with Crippen LogP contribution in [0.5, 0.6) is 0 Å². The minimum absolute atomic E-state index is 0.0468. The first-order chi connectivity index (χ1) is 8.39. The first-order valence-corrected chi connectivity index (χ1v) is 6.69. The van der Waals surface area contributed by atoms with Gasteiger partial charge in [0.1, 0.15) is 0 Å². The van der Waals surface area contributed by atoms with Gasteiger partial charge in [-0.05, 0) is 64.3 Å². The predicted molar refractivity (Wildman–Crippen MR) is 78.0 cm³/mol. The fourth-order valence-corrected chi connectivity index (χ4v) is 2.05. The van der Waals surface area contributed by atoms with Crippen LogP contribution in [0.3, 0.4) is 0 Å². The summed E-state index contributed by atoms with van der Waals surface area (Å²) in [6.07, 6.45) is 2.13. The van der Waals surface area contributed by atoms with Gasteiger partial charge in [0.15, 0.2) is 0 Å². The third-order valence-corrected chi connectivity index (χ3v) is 3.87. The van der Waals surface area contributed by atoms with Gasteiger partial charge in [-0.25, -0.2) is 0 Å². The van der Waals surface area contributed by atoms with Crippen LogP contribution in [0.1, 0.15) is 49.4 Å². The average molecular weight is 249 g/mol. The van der Waals surface area contributed by atoms with Crippen LogP contribution < -0.4 is 5.32 Å². The zero-order valence-corrected chi connectivity index (χ0v) is 12.6. The van der Waals surface area contributed by atoms with Crippen LogP contribution in [0.25, 0.3) is 0 Å². The lowest BCUT2D eigenvalue weighted by Gasteiger charge is -2.26. The van der Waals surface area contributed by atoms with Gasteiger partial charge in [-0.15, -0.1) is 0 Å². The average Bonchev–Trinajstić information content (AvgIpc) is 2.34. The number of ether oxygens (including phenoxy) is 1. The van der Waals surface area contributed by atoms with Gasteiger partial charge in [-0.2, -0.15) is 0 Å². The standard InChI is InChI=1S/C16H27NO/c1-12-7-8-14(11-13(12)2)15(17-5)9-10-16(3,4)18-6/h7-8,11,15,17H,9-10H2,1-6H3. The topological polar surface area (TPSA) is 21.3 Å². The third-order valence-electron chi connectivity index (χ3n) is 3.87. The maximum absolute atomic E-state index is 5.48. The Balaban J connectivity index is 2.74. The van der Waals surface area contributed by atoms with E-state index < -0.39 is 0 Å². The van der Waals surface area contributed by atoms with E-state index in [1.165, 1.54) is 16.7 Å². The number of methoxy groups -OCH3 is 1. The van der Waals surface area contributed by atoms with Crippen molar-refractivity contribution in [3.05, 3.63) is 34.9 Å². The Bertz CT molecular complexity index is 385. The summed E-state index contributed by atoms with van der Waals surface area (Å²) in [6, 6.07) is 7.12. The molecule has 0 bridgehead atoms. The summed E-state index contributed by atoms with van der Waals surface area (Å²) in [5.41, 5.74) is 4.03. The summed E-state index contributed by atoms with van der Waals surface area (Å²) in [7, 11) is 3.81. The summed E-state index contributed by atoms with van der Waals surface area (Å²) in [5, 5.41) is 3.41. The van der Waals surface area contributed by atoms with Crippen LogP contribution in [0, 0.1) is 13.8 Å². The molecule has 1 N–H and O–H groups in total. The second-order valence-electron chi connectivity index (χ2n) is 5.69. The third kappa shape index (κ3) is 4.11. The molecule has 18 heavy (non-hydrogen) atoms.